The molecule has 0 spiro atoms. The number of nitrogens with zero attached hydrogens (tertiary/aromatic N) is 1. The topological polar surface area (TPSA) is 99.9 Å². The van der Waals surface area contributed by atoms with Crippen LogP contribution in [0.1, 0.15) is 18.3 Å². The lowest BCUT2D eigenvalue weighted by molar-refractivity contribution is -0.119. The zero-order valence-electron chi connectivity index (χ0n) is 10.4. The van der Waals surface area contributed by atoms with Crippen molar-refractivity contribution >= 4 is 17.1 Å². The highest BCUT2D eigenvalue weighted by Crippen LogP contribution is 2.15. The minimum absolute atomic E-state index is 0.113. The number of rotatable bonds is 3. The number of amides is 1. The Morgan fingerprint density at radius 2 is 2.17 bits per heavy atom. The fourth-order valence-corrected chi connectivity index (χ4v) is 1.73. The van der Waals surface area contributed by atoms with Crippen LogP contribution in [0, 0.1) is 6.92 Å². The quantitative estimate of drug-likeness (QED) is 0.724. The van der Waals surface area contributed by atoms with Crippen molar-refractivity contribution in [2.45, 2.75) is 20.4 Å². The van der Waals surface area contributed by atoms with Gasteiger partial charge in [-0.15, -0.1) is 0 Å². The number of carbonyl (C=O) groups is 1. The van der Waals surface area contributed by atoms with Crippen molar-refractivity contribution in [1.82, 2.24) is 20.3 Å². The SMILES string of the molecule is COc1[nH]c2nc(C)[nH]c2c(=O)c1CNC(C)=O. The Hall–Kier alpha value is -2.31. The molecule has 0 aliphatic rings. The van der Waals surface area contributed by atoms with Crippen LogP contribution < -0.4 is 15.5 Å². The van der Waals surface area contributed by atoms with Crippen LogP contribution in [-0.2, 0) is 11.3 Å². The number of carbonyl (C=O) groups excluding carboxylic acids is 1. The Labute approximate surface area is 103 Å². The smallest absolute Gasteiger partial charge is 0.217 e. The molecule has 0 aliphatic carbocycles. The van der Waals surface area contributed by atoms with Gasteiger partial charge in [-0.2, -0.15) is 0 Å². The van der Waals surface area contributed by atoms with Crippen molar-refractivity contribution in [2.24, 2.45) is 0 Å². The minimum atomic E-state index is -0.227. The van der Waals surface area contributed by atoms with Crippen molar-refractivity contribution in [2.75, 3.05) is 7.11 Å². The maximum Gasteiger partial charge on any atom is 0.217 e. The van der Waals surface area contributed by atoms with Gasteiger partial charge in [0.25, 0.3) is 0 Å². The number of pyridine rings is 1. The lowest BCUT2D eigenvalue weighted by Gasteiger charge is -2.07. The van der Waals surface area contributed by atoms with E-state index in [0.29, 0.717) is 28.4 Å². The summed E-state index contributed by atoms with van der Waals surface area (Å²) in [5.41, 5.74) is 0.966. The molecule has 0 bridgehead atoms. The van der Waals surface area contributed by atoms with Gasteiger partial charge in [-0.05, 0) is 6.92 Å². The molecule has 2 rings (SSSR count). The molecule has 0 radical (unpaired) electrons. The summed E-state index contributed by atoms with van der Waals surface area (Å²) in [6.45, 7) is 3.26. The summed E-state index contributed by atoms with van der Waals surface area (Å²) in [4.78, 5) is 33.1. The molecule has 0 saturated carbocycles. The number of methoxy groups -OCH3 is 1. The zero-order chi connectivity index (χ0) is 13.3. The Bertz CT molecular complexity index is 656. The number of H-pyrrole nitrogens is 2. The Morgan fingerprint density at radius 1 is 1.44 bits per heavy atom. The molecule has 0 aliphatic heterocycles. The van der Waals surface area contributed by atoms with Gasteiger partial charge in [0.15, 0.2) is 5.65 Å². The van der Waals surface area contributed by atoms with Gasteiger partial charge in [0.1, 0.15) is 11.3 Å². The first kappa shape index (κ1) is 12.2. The second kappa shape index (κ2) is 4.52. The van der Waals surface area contributed by atoms with E-state index in [0.717, 1.165) is 0 Å². The van der Waals surface area contributed by atoms with Crippen LogP contribution in [0.3, 0.4) is 0 Å². The molecule has 0 aromatic carbocycles. The molecule has 2 aromatic heterocycles. The summed E-state index contributed by atoms with van der Waals surface area (Å²) < 4.78 is 5.12. The summed E-state index contributed by atoms with van der Waals surface area (Å²) in [6, 6.07) is 0. The summed E-state index contributed by atoms with van der Waals surface area (Å²) in [7, 11) is 1.45. The number of aromatic amines is 2. The number of ether oxygens (including phenoxy) is 1. The monoisotopic (exact) mass is 250 g/mol. The van der Waals surface area contributed by atoms with Crippen molar-refractivity contribution in [1.29, 1.82) is 0 Å². The summed E-state index contributed by atoms with van der Waals surface area (Å²) >= 11 is 0. The van der Waals surface area contributed by atoms with Gasteiger partial charge >= 0.3 is 0 Å². The summed E-state index contributed by atoms with van der Waals surface area (Å²) in [6.07, 6.45) is 0. The normalized spacial score (nSPS) is 10.6. The van der Waals surface area contributed by atoms with Crippen LogP contribution in [0.4, 0.5) is 0 Å². The highest BCUT2D eigenvalue weighted by molar-refractivity contribution is 5.74. The van der Waals surface area contributed by atoms with E-state index in [1.807, 2.05) is 0 Å². The fraction of sp³-hybridized carbons (Fsp3) is 0.364. The molecule has 2 aromatic rings. The molecule has 7 heteroatoms. The van der Waals surface area contributed by atoms with Gasteiger partial charge in [-0.1, -0.05) is 0 Å². The molecular formula is C11H14N4O3. The van der Waals surface area contributed by atoms with E-state index in [1.165, 1.54) is 14.0 Å². The highest BCUT2D eigenvalue weighted by Gasteiger charge is 2.15. The third-order valence-electron chi connectivity index (χ3n) is 2.55. The minimum Gasteiger partial charge on any atom is -0.482 e. The molecular weight excluding hydrogens is 236 g/mol. The van der Waals surface area contributed by atoms with Gasteiger partial charge in [0.2, 0.25) is 17.2 Å². The van der Waals surface area contributed by atoms with Crippen molar-refractivity contribution in [3.05, 3.63) is 21.6 Å². The fourth-order valence-electron chi connectivity index (χ4n) is 1.73. The summed E-state index contributed by atoms with van der Waals surface area (Å²) in [5.74, 6) is 0.738. The van der Waals surface area contributed by atoms with Crippen LogP contribution in [-0.4, -0.2) is 28.0 Å². The second-order valence-electron chi connectivity index (χ2n) is 3.92. The third kappa shape index (κ3) is 2.06. The first-order valence-electron chi connectivity index (χ1n) is 5.42. The summed E-state index contributed by atoms with van der Waals surface area (Å²) in [5, 5.41) is 2.58. The van der Waals surface area contributed by atoms with Gasteiger partial charge in [-0.3, -0.25) is 9.59 Å². The Balaban J connectivity index is 2.58. The number of fused-ring (bicyclic) bond motifs is 1. The number of imidazole rings is 1. The van der Waals surface area contributed by atoms with E-state index in [-0.39, 0.29) is 17.9 Å². The van der Waals surface area contributed by atoms with Crippen molar-refractivity contribution in [3.8, 4) is 5.88 Å². The van der Waals surface area contributed by atoms with E-state index < -0.39 is 0 Å². The van der Waals surface area contributed by atoms with Gasteiger partial charge in [0, 0.05) is 6.92 Å². The van der Waals surface area contributed by atoms with Crippen molar-refractivity contribution in [3.63, 3.8) is 0 Å². The van der Waals surface area contributed by atoms with E-state index >= 15 is 0 Å². The average Bonchev–Trinajstić information content (AvgIpc) is 2.68. The average molecular weight is 250 g/mol. The lowest BCUT2D eigenvalue weighted by Crippen LogP contribution is -2.24. The number of aryl methyl sites for hydroxylation is 1. The number of hydrogen-bond acceptors (Lipinski definition) is 4. The van der Waals surface area contributed by atoms with E-state index in [2.05, 4.69) is 20.3 Å². The van der Waals surface area contributed by atoms with Gasteiger partial charge in [0.05, 0.1) is 19.2 Å². The predicted molar refractivity (Wildman–Crippen MR) is 65.5 cm³/mol. The molecule has 0 fully saturated rings. The maximum absolute atomic E-state index is 12.2. The molecule has 18 heavy (non-hydrogen) atoms. The number of aromatic nitrogens is 3. The first-order valence-corrected chi connectivity index (χ1v) is 5.42. The molecule has 0 atom stereocenters. The van der Waals surface area contributed by atoms with E-state index in [4.69, 9.17) is 4.74 Å². The van der Waals surface area contributed by atoms with Crippen LogP contribution >= 0.6 is 0 Å². The molecule has 7 nitrogen and oxygen atoms in total. The highest BCUT2D eigenvalue weighted by atomic mass is 16.5. The molecule has 3 N–H and O–H groups in total. The van der Waals surface area contributed by atoms with Gasteiger partial charge < -0.3 is 20.0 Å². The van der Waals surface area contributed by atoms with Crippen LogP contribution in [0.5, 0.6) is 5.88 Å². The van der Waals surface area contributed by atoms with E-state index in [1.54, 1.807) is 6.92 Å². The van der Waals surface area contributed by atoms with Crippen LogP contribution in [0.2, 0.25) is 0 Å². The largest absolute Gasteiger partial charge is 0.482 e. The molecule has 0 saturated heterocycles. The Morgan fingerprint density at radius 3 is 2.78 bits per heavy atom. The third-order valence-corrected chi connectivity index (χ3v) is 2.55. The molecule has 1 amide bonds. The van der Waals surface area contributed by atoms with E-state index in [9.17, 15) is 9.59 Å². The second-order valence-corrected chi connectivity index (χ2v) is 3.92. The Kier molecular flexibility index (Phi) is 3.05. The predicted octanol–water partition coefficient (Wildman–Crippen LogP) is 0.204. The first-order chi connectivity index (χ1) is 8.52. The lowest BCUT2D eigenvalue weighted by atomic mass is 10.2. The molecule has 0 unspecified atom stereocenters. The van der Waals surface area contributed by atoms with Crippen LogP contribution in [0.25, 0.3) is 11.2 Å². The van der Waals surface area contributed by atoms with Gasteiger partial charge in [-0.25, -0.2) is 4.98 Å². The number of nitrogens with one attached hydrogen (secondary N) is 3. The molecule has 2 heterocycles. The molecule has 96 valence electrons. The number of hydrogen-bond donors (Lipinski definition) is 3. The maximum atomic E-state index is 12.2. The zero-order valence-corrected chi connectivity index (χ0v) is 10.4. The van der Waals surface area contributed by atoms with Crippen LogP contribution in [0.15, 0.2) is 4.79 Å². The standard InChI is InChI=1S/C11H14N4O3/c1-5-13-8-9(17)7(4-12-6(2)16)11(18-3)15-10(8)14-5/h4H2,1-3H3,(H,12,16)(H2,13,14,15,17). The van der Waals surface area contributed by atoms with Crippen molar-refractivity contribution < 1.29 is 9.53 Å².